The molecule has 0 aromatic heterocycles. The minimum absolute atomic E-state index is 1.36. The molecule has 2 aliphatic rings. The van der Waals surface area contributed by atoms with Crippen molar-refractivity contribution in [1.82, 2.24) is 0 Å². The maximum Gasteiger partial charge on any atom is 0.312 e. The molecule has 2 rings (SSSR count). The number of rotatable bonds is 5. The third-order valence-corrected chi connectivity index (χ3v) is 5.97. The zero-order valence-electron chi connectivity index (χ0n) is 12.6. The van der Waals surface area contributed by atoms with E-state index in [4.69, 9.17) is 0 Å². The molecule has 2 fully saturated rings. The van der Waals surface area contributed by atoms with E-state index in [1.165, 1.54) is 27.7 Å². The Balaban J connectivity index is 2.79. The van der Waals surface area contributed by atoms with Gasteiger partial charge in [-0.25, -0.2) is 0 Å². The van der Waals surface area contributed by atoms with Crippen LogP contribution in [-0.4, -0.2) is 44.3 Å². The van der Waals surface area contributed by atoms with E-state index in [0.29, 0.717) is 0 Å². The van der Waals surface area contributed by atoms with Gasteiger partial charge in [0.2, 0.25) is 0 Å². The Labute approximate surface area is 125 Å². The van der Waals surface area contributed by atoms with Gasteiger partial charge in [0.1, 0.15) is 10.8 Å². The Bertz CT molecular complexity index is 564. The van der Waals surface area contributed by atoms with E-state index in [2.05, 4.69) is 0 Å². The Morgan fingerprint density at radius 1 is 0.636 bits per heavy atom. The second-order valence-electron chi connectivity index (χ2n) is 7.21. The van der Waals surface area contributed by atoms with Crippen LogP contribution in [0.15, 0.2) is 0 Å². The van der Waals surface area contributed by atoms with Crippen LogP contribution in [0, 0.1) is 33.5 Å². The van der Waals surface area contributed by atoms with Gasteiger partial charge < -0.3 is 20.4 Å². The van der Waals surface area contributed by atoms with E-state index in [1.54, 1.807) is 0 Å². The highest BCUT2D eigenvalue weighted by molar-refractivity contribution is 6.04. The zero-order chi connectivity index (χ0) is 17.5. The molecule has 2 saturated carbocycles. The van der Waals surface area contributed by atoms with Crippen molar-refractivity contribution in [1.29, 1.82) is 0 Å². The average Bonchev–Trinajstić information content (AvgIpc) is 3.02. The highest BCUT2D eigenvalue weighted by Gasteiger charge is 3.00. The molecule has 0 heterocycles. The minimum atomic E-state index is -2.16. The lowest BCUT2D eigenvalue weighted by Gasteiger charge is -2.26. The first-order chi connectivity index (χ1) is 9.77. The van der Waals surface area contributed by atoms with Crippen molar-refractivity contribution in [3.8, 4) is 0 Å². The lowest BCUT2D eigenvalue weighted by molar-refractivity contribution is -0.166. The molecule has 0 saturated heterocycles. The first kappa shape index (κ1) is 16.3. The maximum atomic E-state index is 11.9. The summed E-state index contributed by atoms with van der Waals surface area (Å²) in [5, 5.41) is 38.1. The van der Waals surface area contributed by atoms with E-state index in [1.807, 2.05) is 0 Å². The van der Waals surface area contributed by atoms with Gasteiger partial charge in [0.25, 0.3) is 0 Å². The van der Waals surface area contributed by atoms with Crippen LogP contribution in [0.4, 0.5) is 0 Å². The summed E-state index contributed by atoms with van der Waals surface area (Å²) in [4.78, 5) is 46.8. The summed E-state index contributed by atoms with van der Waals surface area (Å²) in [6.07, 6.45) is 0. The van der Waals surface area contributed by atoms with Crippen molar-refractivity contribution in [2.24, 2.45) is 33.5 Å². The predicted molar refractivity (Wildman–Crippen MR) is 70.0 cm³/mol. The molecule has 4 unspecified atom stereocenters. The second kappa shape index (κ2) is 3.80. The molecule has 2 aliphatic carbocycles. The molecule has 0 bridgehead atoms. The van der Waals surface area contributed by atoms with E-state index in [9.17, 15) is 39.6 Å². The minimum Gasteiger partial charge on any atom is -0.481 e. The standard InChI is InChI=1S/C14H18O8/c1-11(2)5(7(15)16)13(11,9(19)20)14(10(21)22)6(8(17)18)12(14,3)4/h5-6H,1-4H3,(H,15,16)(H,17,18)(H,19,20)(H,21,22). The second-order valence-corrected chi connectivity index (χ2v) is 7.21. The van der Waals surface area contributed by atoms with Crippen LogP contribution in [0.1, 0.15) is 27.7 Å². The van der Waals surface area contributed by atoms with Crippen molar-refractivity contribution in [2.45, 2.75) is 27.7 Å². The monoisotopic (exact) mass is 314 g/mol. The molecule has 4 N–H and O–H groups in total. The molecular weight excluding hydrogens is 296 g/mol. The van der Waals surface area contributed by atoms with Gasteiger partial charge in [0.05, 0.1) is 11.8 Å². The first-order valence-corrected chi connectivity index (χ1v) is 6.69. The summed E-state index contributed by atoms with van der Waals surface area (Å²) in [6.45, 7) is 5.44. The Kier molecular flexibility index (Phi) is 2.80. The quantitative estimate of drug-likeness (QED) is 0.576. The van der Waals surface area contributed by atoms with E-state index < -0.39 is 57.4 Å². The number of hydrogen-bond donors (Lipinski definition) is 4. The number of carboxylic acids is 4. The van der Waals surface area contributed by atoms with Crippen LogP contribution < -0.4 is 0 Å². The third kappa shape index (κ3) is 1.21. The van der Waals surface area contributed by atoms with Gasteiger partial charge in [0.15, 0.2) is 0 Å². The summed E-state index contributed by atoms with van der Waals surface area (Å²) in [5.41, 5.74) is -7.07. The Morgan fingerprint density at radius 2 is 0.864 bits per heavy atom. The summed E-state index contributed by atoms with van der Waals surface area (Å²) in [7, 11) is 0. The van der Waals surface area contributed by atoms with Gasteiger partial charge in [-0.15, -0.1) is 0 Å². The van der Waals surface area contributed by atoms with Gasteiger partial charge in [-0.3, -0.25) is 19.2 Å². The molecule has 4 atom stereocenters. The number of hydrogen-bond acceptors (Lipinski definition) is 4. The molecule has 8 nitrogen and oxygen atoms in total. The topological polar surface area (TPSA) is 149 Å². The largest absolute Gasteiger partial charge is 0.481 e. The van der Waals surface area contributed by atoms with Crippen LogP contribution in [-0.2, 0) is 19.2 Å². The lowest BCUT2D eigenvalue weighted by atomic mass is 9.73. The molecule has 8 heteroatoms. The van der Waals surface area contributed by atoms with Gasteiger partial charge in [-0.05, 0) is 10.8 Å². The van der Waals surface area contributed by atoms with Crippen molar-refractivity contribution in [3.05, 3.63) is 0 Å². The highest BCUT2D eigenvalue weighted by Crippen LogP contribution is 2.89. The van der Waals surface area contributed by atoms with Crippen molar-refractivity contribution in [3.63, 3.8) is 0 Å². The summed E-state index contributed by atoms with van der Waals surface area (Å²) >= 11 is 0. The van der Waals surface area contributed by atoms with E-state index >= 15 is 0 Å². The normalized spacial score (nSPS) is 40.5. The Hall–Kier alpha value is -2.12. The van der Waals surface area contributed by atoms with Gasteiger partial charge in [-0.1, -0.05) is 27.7 Å². The molecule has 0 aromatic carbocycles. The molecular formula is C14H18O8. The van der Waals surface area contributed by atoms with E-state index in [0.717, 1.165) is 0 Å². The van der Waals surface area contributed by atoms with Crippen LogP contribution in [0.2, 0.25) is 0 Å². The van der Waals surface area contributed by atoms with Crippen LogP contribution in [0.3, 0.4) is 0 Å². The molecule has 122 valence electrons. The molecule has 0 aliphatic heterocycles. The average molecular weight is 314 g/mol. The van der Waals surface area contributed by atoms with E-state index in [-0.39, 0.29) is 0 Å². The maximum absolute atomic E-state index is 11.9. The SMILES string of the molecule is CC1(C)C(C(=O)O)C1(C(=O)O)C1(C(=O)O)C(C(=O)O)C1(C)C. The van der Waals surface area contributed by atoms with Crippen molar-refractivity contribution < 1.29 is 39.6 Å². The van der Waals surface area contributed by atoms with Crippen LogP contribution in [0.5, 0.6) is 0 Å². The van der Waals surface area contributed by atoms with Gasteiger partial charge in [-0.2, -0.15) is 0 Å². The van der Waals surface area contributed by atoms with Crippen molar-refractivity contribution >= 4 is 23.9 Å². The summed E-state index contributed by atoms with van der Waals surface area (Å²) in [5.74, 6) is -8.94. The predicted octanol–water partition coefficient (Wildman–Crippen LogP) is 0.610. The van der Waals surface area contributed by atoms with Crippen LogP contribution in [0.25, 0.3) is 0 Å². The molecule has 22 heavy (non-hydrogen) atoms. The van der Waals surface area contributed by atoms with Gasteiger partial charge >= 0.3 is 23.9 Å². The fraction of sp³-hybridized carbons (Fsp3) is 0.714. The smallest absolute Gasteiger partial charge is 0.312 e. The zero-order valence-corrected chi connectivity index (χ0v) is 12.6. The number of carboxylic acid groups (broad SMARTS) is 4. The lowest BCUT2D eigenvalue weighted by Crippen LogP contribution is -2.43. The van der Waals surface area contributed by atoms with Crippen LogP contribution >= 0.6 is 0 Å². The first-order valence-electron chi connectivity index (χ1n) is 6.69. The molecule has 0 amide bonds. The number of aliphatic carboxylic acids is 4. The molecule has 0 radical (unpaired) electrons. The molecule has 0 aromatic rings. The fourth-order valence-corrected chi connectivity index (χ4v) is 5.12. The highest BCUT2D eigenvalue weighted by atomic mass is 16.4. The summed E-state index contributed by atoms with van der Waals surface area (Å²) < 4.78 is 0. The van der Waals surface area contributed by atoms with Gasteiger partial charge in [0, 0.05) is 0 Å². The summed E-state index contributed by atoms with van der Waals surface area (Å²) in [6, 6.07) is 0. The Morgan fingerprint density at radius 3 is 0.955 bits per heavy atom. The fourth-order valence-electron chi connectivity index (χ4n) is 5.12. The number of carbonyl (C=O) groups is 4. The van der Waals surface area contributed by atoms with Crippen molar-refractivity contribution in [2.75, 3.05) is 0 Å². The molecule has 0 spiro atoms. The third-order valence-electron chi connectivity index (χ3n) is 5.97.